The maximum atomic E-state index is 7.14. The molecule has 0 saturated carbocycles. The zero-order valence-corrected chi connectivity index (χ0v) is 10.6. The summed E-state index contributed by atoms with van der Waals surface area (Å²) < 4.78 is 5.06. The molecule has 0 aliphatic heterocycles. The Kier molecular flexibility index (Phi) is 3.96. The van der Waals surface area contributed by atoms with E-state index < -0.39 is 0 Å². The number of rotatable bonds is 4. The highest BCUT2D eigenvalue weighted by molar-refractivity contribution is 5.72. The Balaban J connectivity index is 2.33. The van der Waals surface area contributed by atoms with Crippen LogP contribution in [0.15, 0.2) is 36.4 Å². The van der Waals surface area contributed by atoms with Crippen LogP contribution in [0.5, 0.6) is 5.88 Å². The van der Waals surface area contributed by atoms with E-state index in [1.165, 1.54) is 0 Å². The van der Waals surface area contributed by atoms with E-state index in [9.17, 15) is 0 Å². The summed E-state index contributed by atoms with van der Waals surface area (Å²) in [5, 5.41) is 3.11. The first kappa shape index (κ1) is 12.9. The minimum Gasteiger partial charge on any atom is -0.481 e. The maximum Gasteiger partial charge on any atom is 0.228 e. The van der Waals surface area contributed by atoms with Crippen LogP contribution in [0.25, 0.3) is 4.85 Å². The summed E-state index contributed by atoms with van der Waals surface area (Å²) >= 11 is 0. The van der Waals surface area contributed by atoms with Crippen molar-refractivity contribution in [2.45, 2.75) is 6.54 Å². The van der Waals surface area contributed by atoms with E-state index in [0.717, 1.165) is 11.3 Å². The molecule has 19 heavy (non-hydrogen) atoms. The first-order valence-electron chi connectivity index (χ1n) is 5.75. The Hall–Kier alpha value is -2.58. The number of ether oxygens (including phenoxy) is 1. The molecule has 0 spiro atoms. The SMILES string of the molecule is [C-]#[N+]c1ccc(OC)nc1Nc1cccc(CN)c1. The highest BCUT2D eigenvalue weighted by atomic mass is 16.5. The van der Waals surface area contributed by atoms with Crippen LogP contribution in [0.3, 0.4) is 0 Å². The van der Waals surface area contributed by atoms with Gasteiger partial charge >= 0.3 is 0 Å². The Morgan fingerprint density at radius 1 is 1.37 bits per heavy atom. The number of aromatic nitrogens is 1. The fraction of sp³-hybridized carbons (Fsp3) is 0.143. The average Bonchev–Trinajstić information content (AvgIpc) is 2.47. The van der Waals surface area contributed by atoms with Gasteiger partial charge in [-0.1, -0.05) is 12.1 Å². The van der Waals surface area contributed by atoms with E-state index in [0.29, 0.717) is 23.9 Å². The molecule has 0 bridgehead atoms. The molecule has 96 valence electrons. The number of hydrogen-bond acceptors (Lipinski definition) is 4. The zero-order chi connectivity index (χ0) is 13.7. The predicted molar refractivity (Wildman–Crippen MR) is 74.7 cm³/mol. The van der Waals surface area contributed by atoms with Crippen LogP contribution in [0.4, 0.5) is 17.2 Å². The van der Waals surface area contributed by atoms with Gasteiger partial charge in [-0.15, -0.1) is 0 Å². The number of methoxy groups -OCH3 is 1. The number of benzene rings is 1. The summed E-state index contributed by atoms with van der Waals surface area (Å²) in [4.78, 5) is 7.66. The third-order valence-corrected chi connectivity index (χ3v) is 2.60. The predicted octanol–water partition coefficient (Wildman–Crippen LogP) is 2.84. The van der Waals surface area contributed by atoms with Gasteiger partial charge in [-0.2, -0.15) is 0 Å². The van der Waals surface area contributed by atoms with Crippen molar-refractivity contribution in [2.75, 3.05) is 12.4 Å². The lowest BCUT2D eigenvalue weighted by Crippen LogP contribution is -1.99. The fourth-order valence-corrected chi connectivity index (χ4v) is 1.64. The van der Waals surface area contributed by atoms with Crippen molar-refractivity contribution in [1.29, 1.82) is 0 Å². The number of nitrogens with zero attached hydrogens (tertiary/aromatic N) is 2. The molecule has 1 aromatic heterocycles. The molecule has 0 saturated heterocycles. The Morgan fingerprint density at radius 2 is 2.21 bits per heavy atom. The van der Waals surface area contributed by atoms with E-state index in [1.54, 1.807) is 19.2 Å². The van der Waals surface area contributed by atoms with Crippen molar-refractivity contribution >= 4 is 17.2 Å². The smallest absolute Gasteiger partial charge is 0.228 e. The molecule has 0 aliphatic carbocycles. The molecule has 0 fully saturated rings. The van der Waals surface area contributed by atoms with Crippen LogP contribution in [-0.4, -0.2) is 12.1 Å². The van der Waals surface area contributed by atoms with Gasteiger partial charge < -0.3 is 15.8 Å². The number of hydrogen-bond donors (Lipinski definition) is 2. The Bertz CT molecular complexity index is 619. The van der Waals surface area contributed by atoms with Crippen molar-refractivity contribution in [3.63, 3.8) is 0 Å². The summed E-state index contributed by atoms with van der Waals surface area (Å²) in [5.74, 6) is 0.938. The van der Waals surface area contributed by atoms with Crippen molar-refractivity contribution in [3.8, 4) is 5.88 Å². The van der Waals surface area contributed by atoms with Gasteiger partial charge in [-0.25, -0.2) is 9.83 Å². The van der Waals surface area contributed by atoms with Crippen LogP contribution in [0.2, 0.25) is 0 Å². The van der Waals surface area contributed by atoms with E-state index in [4.69, 9.17) is 17.0 Å². The van der Waals surface area contributed by atoms with E-state index >= 15 is 0 Å². The minimum atomic E-state index is 0.443. The molecule has 0 atom stereocenters. The lowest BCUT2D eigenvalue weighted by Gasteiger charge is -2.10. The molecule has 5 nitrogen and oxygen atoms in total. The van der Waals surface area contributed by atoms with E-state index in [1.807, 2.05) is 24.3 Å². The van der Waals surface area contributed by atoms with Gasteiger partial charge in [0.05, 0.1) is 13.7 Å². The quantitative estimate of drug-likeness (QED) is 0.823. The molecule has 2 rings (SSSR count). The molecule has 5 heteroatoms. The molecule has 2 aromatic rings. The second-order valence-electron chi connectivity index (χ2n) is 3.86. The number of nitrogens with one attached hydrogen (secondary N) is 1. The monoisotopic (exact) mass is 254 g/mol. The van der Waals surface area contributed by atoms with Gasteiger partial charge in [0.15, 0.2) is 0 Å². The molecule has 0 unspecified atom stereocenters. The summed E-state index contributed by atoms with van der Waals surface area (Å²) in [5.41, 5.74) is 7.90. The minimum absolute atomic E-state index is 0.443. The topological polar surface area (TPSA) is 64.5 Å². The van der Waals surface area contributed by atoms with Crippen LogP contribution in [-0.2, 0) is 6.54 Å². The van der Waals surface area contributed by atoms with Crippen molar-refractivity contribution in [1.82, 2.24) is 4.98 Å². The first-order valence-corrected chi connectivity index (χ1v) is 5.75. The maximum absolute atomic E-state index is 7.14. The molecular formula is C14H14N4O. The Morgan fingerprint density at radius 3 is 2.89 bits per heavy atom. The summed E-state index contributed by atoms with van der Waals surface area (Å²) in [6.45, 7) is 7.61. The molecular weight excluding hydrogens is 240 g/mol. The molecule has 1 aromatic carbocycles. The number of nitrogens with two attached hydrogens (primary N) is 1. The number of pyridine rings is 1. The molecule has 0 radical (unpaired) electrons. The third kappa shape index (κ3) is 3.00. The zero-order valence-electron chi connectivity index (χ0n) is 10.6. The van der Waals surface area contributed by atoms with Crippen molar-refractivity contribution in [2.24, 2.45) is 5.73 Å². The van der Waals surface area contributed by atoms with Gasteiger partial charge in [0.2, 0.25) is 11.6 Å². The molecule has 3 N–H and O–H groups in total. The highest BCUT2D eigenvalue weighted by Crippen LogP contribution is 2.28. The standard InChI is InChI=1S/C14H14N4O/c1-16-12-6-7-13(19-2)18-14(12)17-11-5-3-4-10(8-11)9-15/h3-8H,9,15H2,2H3,(H,17,18). The third-order valence-electron chi connectivity index (χ3n) is 2.60. The largest absolute Gasteiger partial charge is 0.481 e. The van der Waals surface area contributed by atoms with Gasteiger partial charge in [0.1, 0.15) is 5.82 Å². The molecule has 0 amide bonds. The Labute approximate surface area is 111 Å². The lowest BCUT2D eigenvalue weighted by atomic mass is 10.2. The van der Waals surface area contributed by atoms with E-state index in [2.05, 4.69) is 15.1 Å². The van der Waals surface area contributed by atoms with Crippen LogP contribution < -0.4 is 15.8 Å². The van der Waals surface area contributed by atoms with Crippen molar-refractivity contribution in [3.05, 3.63) is 53.4 Å². The van der Waals surface area contributed by atoms with Gasteiger partial charge in [-0.05, 0) is 29.8 Å². The molecule has 0 aliphatic rings. The lowest BCUT2D eigenvalue weighted by molar-refractivity contribution is 0.398. The second kappa shape index (κ2) is 5.85. The fourth-order valence-electron chi connectivity index (χ4n) is 1.64. The normalized spacial score (nSPS) is 9.74. The summed E-state index contributed by atoms with van der Waals surface area (Å²) in [7, 11) is 1.54. The van der Waals surface area contributed by atoms with E-state index in [-0.39, 0.29) is 0 Å². The average molecular weight is 254 g/mol. The van der Waals surface area contributed by atoms with Crippen molar-refractivity contribution < 1.29 is 4.74 Å². The van der Waals surface area contributed by atoms with Gasteiger partial charge in [0.25, 0.3) is 0 Å². The molecule has 1 heterocycles. The summed E-state index contributed by atoms with van der Waals surface area (Å²) in [6.07, 6.45) is 0. The highest BCUT2D eigenvalue weighted by Gasteiger charge is 2.06. The first-order chi connectivity index (χ1) is 9.26. The second-order valence-corrected chi connectivity index (χ2v) is 3.86. The number of anilines is 2. The van der Waals surface area contributed by atoms with Gasteiger partial charge in [-0.3, -0.25) is 0 Å². The van der Waals surface area contributed by atoms with Crippen LogP contribution in [0, 0.1) is 6.57 Å². The van der Waals surface area contributed by atoms with Crippen LogP contribution >= 0.6 is 0 Å². The van der Waals surface area contributed by atoms with Gasteiger partial charge in [0, 0.05) is 12.2 Å². The summed E-state index contributed by atoms with van der Waals surface area (Å²) in [6, 6.07) is 11.0. The van der Waals surface area contributed by atoms with Crippen LogP contribution in [0.1, 0.15) is 5.56 Å².